The number of carbonyl (C=O) groups excluding carboxylic acids is 1. The summed E-state index contributed by atoms with van der Waals surface area (Å²) in [4.78, 5) is 22.4. The molecule has 0 spiro atoms. The molecule has 6 heteroatoms. The fourth-order valence-electron chi connectivity index (χ4n) is 2.21. The summed E-state index contributed by atoms with van der Waals surface area (Å²) in [5.74, 6) is -2.16. The number of aliphatic carboxylic acids is 1. The van der Waals surface area contributed by atoms with E-state index in [1.165, 1.54) is 12.1 Å². The number of nitrogens with one attached hydrogen (secondary N) is 1. The lowest BCUT2D eigenvalue weighted by atomic mass is 9.69. The standard InChI is InChI=1S/C13H15FN2O3/c14-8-2-3-10(9(6-8)11(15)17)16-7-13(12(18)19)4-1-5-13/h2-3,6,16H,1,4-5,7H2,(H2,15,17)(H,18,19). The number of carboxylic acid groups (broad SMARTS) is 1. The lowest BCUT2D eigenvalue weighted by Crippen LogP contribution is -2.43. The minimum atomic E-state index is -0.853. The molecule has 1 aliphatic rings. The Kier molecular flexibility index (Phi) is 3.42. The van der Waals surface area contributed by atoms with Crippen molar-refractivity contribution in [3.05, 3.63) is 29.6 Å². The van der Waals surface area contributed by atoms with Crippen molar-refractivity contribution in [1.29, 1.82) is 0 Å². The third-order valence-electron chi connectivity index (χ3n) is 3.63. The highest BCUT2D eigenvalue weighted by Gasteiger charge is 2.44. The van der Waals surface area contributed by atoms with Crippen LogP contribution in [0.15, 0.2) is 18.2 Å². The zero-order chi connectivity index (χ0) is 14.0. The smallest absolute Gasteiger partial charge is 0.311 e. The van der Waals surface area contributed by atoms with Gasteiger partial charge in [-0.1, -0.05) is 6.42 Å². The number of hydrogen-bond donors (Lipinski definition) is 3. The largest absolute Gasteiger partial charge is 0.481 e. The predicted molar refractivity (Wildman–Crippen MR) is 67.3 cm³/mol. The Labute approximate surface area is 109 Å². The number of nitrogens with two attached hydrogens (primary N) is 1. The molecule has 0 radical (unpaired) electrons. The maximum atomic E-state index is 13.1. The van der Waals surface area contributed by atoms with Gasteiger partial charge in [-0.15, -0.1) is 0 Å². The quantitative estimate of drug-likeness (QED) is 0.754. The first kappa shape index (κ1) is 13.3. The zero-order valence-corrected chi connectivity index (χ0v) is 10.3. The normalized spacial score (nSPS) is 16.5. The van der Waals surface area contributed by atoms with Crippen LogP contribution in [-0.2, 0) is 4.79 Å². The number of amides is 1. The van der Waals surface area contributed by atoms with Crippen LogP contribution in [0.3, 0.4) is 0 Å². The van der Waals surface area contributed by atoms with Crippen LogP contribution in [0.2, 0.25) is 0 Å². The number of hydrogen-bond acceptors (Lipinski definition) is 3. The second-order valence-electron chi connectivity index (χ2n) is 4.85. The molecule has 0 atom stereocenters. The summed E-state index contributed by atoms with van der Waals surface area (Å²) < 4.78 is 13.1. The van der Waals surface area contributed by atoms with Gasteiger partial charge in [-0.25, -0.2) is 4.39 Å². The molecule has 0 heterocycles. The summed E-state index contributed by atoms with van der Waals surface area (Å²) in [5, 5.41) is 12.1. The van der Waals surface area contributed by atoms with Gasteiger partial charge in [0.25, 0.3) is 5.91 Å². The van der Waals surface area contributed by atoms with E-state index in [2.05, 4.69) is 5.32 Å². The van der Waals surface area contributed by atoms with Gasteiger partial charge in [0.05, 0.1) is 11.0 Å². The second kappa shape index (κ2) is 4.87. The van der Waals surface area contributed by atoms with Crippen molar-refractivity contribution < 1.29 is 19.1 Å². The molecule has 5 nitrogen and oxygen atoms in total. The molecule has 4 N–H and O–H groups in total. The third-order valence-corrected chi connectivity index (χ3v) is 3.63. The van der Waals surface area contributed by atoms with Crippen LogP contribution >= 0.6 is 0 Å². The van der Waals surface area contributed by atoms with E-state index in [0.29, 0.717) is 18.5 Å². The van der Waals surface area contributed by atoms with Crippen LogP contribution < -0.4 is 11.1 Å². The maximum Gasteiger partial charge on any atom is 0.311 e. The number of carboxylic acids is 1. The van der Waals surface area contributed by atoms with Crippen molar-refractivity contribution in [1.82, 2.24) is 0 Å². The molecule has 0 aromatic heterocycles. The molecule has 1 fully saturated rings. The highest BCUT2D eigenvalue weighted by molar-refractivity contribution is 5.98. The van der Waals surface area contributed by atoms with Crippen molar-refractivity contribution in [3.63, 3.8) is 0 Å². The first-order chi connectivity index (χ1) is 8.94. The molecule has 1 amide bonds. The van der Waals surface area contributed by atoms with Gasteiger partial charge in [-0.05, 0) is 31.0 Å². The van der Waals surface area contributed by atoms with Gasteiger partial charge in [0.2, 0.25) is 0 Å². The zero-order valence-electron chi connectivity index (χ0n) is 10.3. The van der Waals surface area contributed by atoms with Crippen molar-refractivity contribution in [3.8, 4) is 0 Å². The van der Waals surface area contributed by atoms with E-state index in [9.17, 15) is 19.1 Å². The summed E-state index contributed by atoms with van der Waals surface area (Å²) in [7, 11) is 0. The number of anilines is 1. The van der Waals surface area contributed by atoms with Crippen LogP contribution in [0.25, 0.3) is 0 Å². The van der Waals surface area contributed by atoms with Crippen LogP contribution in [0.1, 0.15) is 29.6 Å². The maximum absolute atomic E-state index is 13.1. The molecule has 102 valence electrons. The molecule has 0 aliphatic heterocycles. The van der Waals surface area contributed by atoms with Crippen molar-refractivity contribution in [2.24, 2.45) is 11.1 Å². The van der Waals surface area contributed by atoms with E-state index in [1.54, 1.807) is 0 Å². The fourth-order valence-corrected chi connectivity index (χ4v) is 2.21. The van der Waals surface area contributed by atoms with Crippen LogP contribution in [-0.4, -0.2) is 23.5 Å². The Hall–Kier alpha value is -2.11. The summed E-state index contributed by atoms with van der Waals surface area (Å²) in [5.41, 5.74) is 4.77. The average Bonchev–Trinajstić information content (AvgIpc) is 2.28. The number of rotatable bonds is 5. The van der Waals surface area contributed by atoms with Gasteiger partial charge in [0.1, 0.15) is 5.82 Å². The molecular weight excluding hydrogens is 251 g/mol. The van der Waals surface area contributed by atoms with E-state index in [1.807, 2.05) is 0 Å². The Morgan fingerprint density at radius 2 is 2.11 bits per heavy atom. The highest BCUT2D eigenvalue weighted by Crippen LogP contribution is 2.41. The first-order valence-electron chi connectivity index (χ1n) is 6.01. The predicted octanol–water partition coefficient (Wildman–Crippen LogP) is 1.59. The van der Waals surface area contributed by atoms with Crippen LogP contribution in [0, 0.1) is 11.2 Å². The molecule has 1 aromatic carbocycles. The van der Waals surface area contributed by atoms with Gasteiger partial charge >= 0.3 is 5.97 Å². The van der Waals surface area contributed by atoms with Gasteiger partial charge in [-0.3, -0.25) is 9.59 Å². The third kappa shape index (κ3) is 2.52. The number of halogens is 1. The molecule has 0 saturated heterocycles. The number of benzene rings is 1. The average molecular weight is 266 g/mol. The van der Waals surface area contributed by atoms with Crippen LogP contribution in [0.5, 0.6) is 0 Å². The monoisotopic (exact) mass is 266 g/mol. The summed E-state index contributed by atoms with van der Waals surface area (Å²) in [6.07, 6.45) is 2.07. The summed E-state index contributed by atoms with van der Waals surface area (Å²) in [6.45, 7) is 0.203. The summed E-state index contributed by atoms with van der Waals surface area (Å²) in [6, 6.07) is 3.63. The molecule has 1 aliphatic carbocycles. The van der Waals surface area contributed by atoms with Crippen molar-refractivity contribution in [2.75, 3.05) is 11.9 Å². The SMILES string of the molecule is NC(=O)c1cc(F)ccc1NCC1(C(=O)O)CCC1. The fraction of sp³-hybridized carbons (Fsp3) is 0.385. The molecule has 1 aromatic rings. The lowest BCUT2D eigenvalue weighted by Gasteiger charge is -2.38. The first-order valence-corrected chi connectivity index (χ1v) is 6.01. The minimum absolute atomic E-state index is 0.0277. The minimum Gasteiger partial charge on any atom is -0.481 e. The Bertz CT molecular complexity index is 527. The van der Waals surface area contributed by atoms with E-state index in [-0.39, 0.29) is 12.1 Å². The molecule has 1 saturated carbocycles. The van der Waals surface area contributed by atoms with Gasteiger partial charge < -0.3 is 16.2 Å². The van der Waals surface area contributed by atoms with Gasteiger partial charge in [0.15, 0.2) is 0 Å². The Balaban J connectivity index is 2.15. The van der Waals surface area contributed by atoms with Crippen molar-refractivity contribution in [2.45, 2.75) is 19.3 Å². The Morgan fingerprint density at radius 3 is 2.58 bits per heavy atom. The molecule has 19 heavy (non-hydrogen) atoms. The highest BCUT2D eigenvalue weighted by atomic mass is 19.1. The van der Waals surface area contributed by atoms with Gasteiger partial charge in [-0.2, -0.15) is 0 Å². The molecule has 0 unspecified atom stereocenters. The number of carbonyl (C=O) groups is 2. The van der Waals surface area contributed by atoms with Crippen molar-refractivity contribution >= 4 is 17.6 Å². The van der Waals surface area contributed by atoms with E-state index in [4.69, 9.17) is 5.73 Å². The molecular formula is C13H15FN2O3. The topological polar surface area (TPSA) is 92.4 Å². The van der Waals surface area contributed by atoms with E-state index in [0.717, 1.165) is 12.5 Å². The van der Waals surface area contributed by atoms with E-state index >= 15 is 0 Å². The Morgan fingerprint density at radius 1 is 1.42 bits per heavy atom. The number of primary amides is 1. The van der Waals surface area contributed by atoms with Crippen LogP contribution in [0.4, 0.5) is 10.1 Å². The van der Waals surface area contributed by atoms with E-state index < -0.39 is 23.1 Å². The molecule has 2 rings (SSSR count). The summed E-state index contributed by atoms with van der Waals surface area (Å²) >= 11 is 0. The molecule has 0 bridgehead atoms. The lowest BCUT2D eigenvalue weighted by molar-refractivity contribution is -0.153. The van der Waals surface area contributed by atoms with Gasteiger partial charge in [0, 0.05) is 12.2 Å². The second-order valence-corrected chi connectivity index (χ2v) is 4.85.